The van der Waals surface area contributed by atoms with Crippen molar-refractivity contribution in [2.45, 2.75) is 77.4 Å². The number of azide groups is 1. The van der Waals surface area contributed by atoms with Crippen molar-refractivity contribution in [3.63, 3.8) is 0 Å². The van der Waals surface area contributed by atoms with Crippen molar-refractivity contribution in [1.82, 2.24) is 0 Å². The predicted molar refractivity (Wildman–Crippen MR) is 74.0 cm³/mol. The predicted octanol–water partition coefficient (Wildman–Crippen LogP) is 5.64. The molecule has 0 fully saturated rings. The van der Waals surface area contributed by atoms with Gasteiger partial charge in [0.15, 0.2) is 8.24 Å². The Kier molecular flexibility index (Phi) is 3.96. The van der Waals surface area contributed by atoms with Crippen LogP contribution in [0.25, 0.3) is 10.4 Å². The van der Waals surface area contributed by atoms with Gasteiger partial charge in [0, 0.05) is 0 Å². The summed E-state index contributed by atoms with van der Waals surface area (Å²) in [4.78, 5) is 3.19. The lowest BCUT2D eigenvalue weighted by molar-refractivity contribution is 0.530. The lowest BCUT2D eigenvalue weighted by Crippen LogP contribution is -2.56. The smallest absolute Gasteiger partial charge is 0.122 e. The third-order valence-electron chi connectivity index (χ3n) is 3.45. The van der Waals surface area contributed by atoms with Crippen LogP contribution in [0.15, 0.2) is 4.78 Å². The van der Waals surface area contributed by atoms with Gasteiger partial charge < -0.3 is 0 Å². The Labute approximate surface area is 101 Å². The van der Waals surface area contributed by atoms with Gasteiger partial charge >= 0.3 is 0 Å². The summed E-state index contributed by atoms with van der Waals surface area (Å²) >= 11 is 0. The molecule has 0 atom stereocenters. The highest BCUT2D eigenvalue weighted by Crippen LogP contribution is 2.62. The van der Waals surface area contributed by atoms with Crippen molar-refractivity contribution < 1.29 is 0 Å². The molecule has 94 valence electrons. The first kappa shape index (κ1) is 15.5. The normalized spacial score (nSPS) is 14.6. The van der Waals surface area contributed by atoms with Crippen LogP contribution in [0.1, 0.15) is 62.3 Å². The number of hydrogen-bond acceptors (Lipinski definition) is 1. The minimum Gasteiger partial charge on any atom is -0.122 e. The zero-order chi connectivity index (χ0) is 13.4. The molecule has 0 saturated heterocycles. The third-order valence-corrected chi connectivity index (χ3v) is 10.4. The quantitative estimate of drug-likeness (QED) is 0.247. The monoisotopic (exact) mass is 241 g/mol. The Morgan fingerprint density at radius 2 is 1.00 bits per heavy atom. The molecule has 0 N–H and O–H groups in total. The summed E-state index contributed by atoms with van der Waals surface area (Å²) in [5.74, 6) is 0. The van der Waals surface area contributed by atoms with Crippen LogP contribution >= 0.6 is 0 Å². The minimum atomic E-state index is -2.19. The van der Waals surface area contributed by atoms with Crippen molar-refractivity contribution in [2.24, 2.45) is 4.78 Å². The number of hydrogen-bond donors (Lipinski definition) is 0. The average molecular weight is 241 g/mol. The van der Waals surface area contributed by atoms with E-state index in [1.165, 1.54) is 0 Å². The van der Waals surface area contributed by atoms with E-state index in [0.29, 0.717) is 0 Å². The van der Waals surface area contributed by atoms with Crippen molar-refractivity contribution in [2.75, 3.05) is 0 Å². The van der Waals surface area contributed by atoms with E-state index in [1.807, 2.05) is 0 Å². The van der Waals surface area contributed by atoms with Crippen molar-refractivity contribution >= 4 is 8.24 Å². The summed E-state index contributed by atoms with van der Waals surface area (Å²) in [6.45, 7) is 19.9. The zero-order valence-corrected chi connectivity index (χ0v) is 13.3. The summed E-state index contributed by atoms with van der Waals surface area (Å²) in [6, 6.07) is 0. The van der Waals surface area contributed by atoms with Gasteiger partial charge in [-0.2, -0.15) is 0 Å². The lowest BCUT2D eigenvalue weighted by atomic mass is 10.2. The highest BCUT2D eigenvalue weighted by Gasteiger charge is 2.59. The first-order valence-electron chi connectivity index (χ1n) is 5.87. The van der Waals surface area contributed by atoms with E-state index in [-0.39, 0.29) is 15.1 Å². The van der Waals surface area contributed by atoms with E-state index < -0.39 is 8.24 Å². The lowest BCUT2D eigenvalue weighted by Gasteiger charge is -2.55. The Morgan fingerprint density at radius 3 is 1.06 bits per heavy atom. The minimum absolute atomic E-state index is 0.0513. The number of rotatable bonds is 1. The maximum absolute atomic E-state index is 8.98. The van der Waals surface area contributed by atoms with Gasteiger partial charge in [0.2, 0.25) is 0 Å². The van der Waals surface area contributed by atoms with E-state index in [9.17, 15) is 0 Å². The molecule has 0 spiro atoms. The van der Waals surface area contributed by atoms with Crippen LogP contribution in [0.2, 0.25) is 15.1 Å². The molecule has 0 aliphatic heterocycles. The van der Waals surface area contributed by atoms with Gasteiger partial charge in [-0.05, 0) is 25.6 Å². The topological polar surface area (TPSA) is 48.8 Å². The molecule has 0 saturated carbocycles. The second-order valence-corrected chi connectivity index (χ2v) is 13.8. The highest BCUT2D eigenvalue weighted by molar-refractivity contribution is 6.86. The van der Waals surface area contributed by atoms with E-state index >= 15 is 0 Å². The molecule has 0 radical (unpaired) electrons. The van der Waals surface area contributed by atoms with E-state index in [2.05, 4.69) is 72.0 Å². The average Bonchev–Trinajstić information content (AvgIpc) is 1.91. The standard InChI is InChI=1S/C12H27N3Si/c1-10(2,3)16(15-14-13,11(4,5)6)12(7,8)9/h1-9H3. The number of nitrogens with zero attached hydrogens (tertiary/aromatic N) is 3. The summed E-state index contributed by atoms with van der Waals surface area (Å²) < 4.78 is 4.39. The van der Waals surface area contributed by atoms with E-state index in [1.54, 1.807) is 0 Å². The third kappa shape index (κ3) is 2.28. The molecule has 0 rings (SSSR count). The first-order valence-corrected chi connectivity index (χ1v) is 7.82. The Morgan fingerprint density at radius 1 is 0.750 bits per heavy atom. The van der Waals surface area contributed by atoms with Crippen molar-refractivity contribution in [3.8, 4) is 0 Å². The molecule has 16 heavy (non-hydrogen) atoms. The summed E-state index contributed by atoms with van der Waals surface area (Å²) in [6.07, 6.45) is 0. The zero-order valence-electron chi connectivity index (χ0n) is 12.3. The molecule has 0 aliphatic rings. The van der Waals surface area contributed by atoms with Crippen molar-refractivity contribution in [1.29, 1.82) is 0 Å². The van der Waals surface area contributed by atoms with Crippen LogP contribution in [0, 0.1) is 0 Å². The Bertz CT molecular complexity index is 260. The van der Waals surface area contributed by atoms with Crippen LogP contribution in [-0.2, 0) is 0 Å². The fourth-order valence-electron chi connectivity index (χ4n) is 3.89. The van der Waals surface area contributed by atoms with Gasteiger partial charge in [-0.3, -0.25) is 0 Å². The molecule has 0 aromatic heterocycles. The largest absolute Gasteiger partial charge is 0.171 e. The molecule has 0 bridgehead atoms. The SMILES string of the molecule is CC(C)(C)[Si](N=[N+]=[N-])(C(C)(C)C)C(C)(C)C. The maximum Gasteiger partial charge on any atom is 0.171 e. The van der Waals surface area contributed by atoms with Gasteiger partial charge in [-0.15, -0.1) is 4.78 Å². The molecule has 0 unspecified atom stereocenters. The van der Waals surface area contributed by atoms with E-state index in [0.717, 1.165) is 0 Å². The van der Waals surface area contributed by atoms with E-state index in [4.69, 9.17) is 5.53 Å². The highest BCUT2D eigenvalue weighted by atomic mass is 28.3. The first-order chi connectivity index (χ1) is 6.81. The molecule has 0 aromatic carbocycles. The molecule has 0 aliphatic carbocycles. The summed E-state index contributed by atoms with van der Waals surface area (Å²) in [7, 11) is -2.19. The summed E-state index contributed by atoms with van der Waals surface area (Å²) in [5, 5.41) is 0.154. The second kappa shape index (κ2) is 4.08. The molecule has 0 heterocycles. The Balaban J connectivity index is 6.15. The van der Waals surface area contributed by atoms with Crippen LogP contribution in [-0.4, -0.2) is 8.24 Å². The maximum atomic E-state index is 8.98. The molecular formula is C12H27N3Si. The van der Waals surface area contributed by atoms with Crippen LogP contribution in [0.4, 0.5) is 0 Å². The Hall–Kier alpha value is -0.473. The molecule has 4 heteroatoms. The van der Waals surface area contributed by atoms with Gasteiger partial charge in [-0.25, -0.2) is 0 Å². The van der Waals surface area contributed by atoms with Gasteiger partial charge in [-0.1, -0.05) is 62.3 Å². The van der Waals surface area contributed by atoms with Crippen LogP contribution in [0.5, 0.6) is 0 Å². The second-order valence-electron chi connectivity index (χ2n) is 7.65. The molecule has 3 nitrogen and oxygen atoms in total. The summed E-state index contributed by atoms with van der Waals surface area (Å²) in [5.41, 5.74) is 8.98. The van der Waals surface area contributed by atoms with Crippen molar-refractivity contribution in [3.05, 3.63) is 10.4 Å². The van der Waals surface area contributed by atoms with Gasteiger partial charge in [0.25, 0.3) is 0 Å². The van der Waals surface area contributed by atoms with Gasteiger partial charge in [0.1, 0.15) is 0 Å². The van der Waals surface area contributed by atoms with Crippen LogP contribution in [0.3, 0.4) is 0 Å². The van der Waals surface area contributed by atoms with Crippen LogP contribution < -0.4 is 0 Å². The fourth-order valence-corrected chi connectivity index (χ4v) is 11.7. The van der Waals surface area contributed by atoms with Gasteiger partial charge in [0.05, 0.1) is 0 Å². The molecule has 0 amide bonds. The fraction of sp³-hybridized carbons (Fsp3) is 1.00. The molecule has 0 aromatic rings. The molecular weight excluding hydrogens is 214 g/mol.